The monoisotopic (exact) mass is 174 g/mol. The van der Waals surface area contributed by atoms with Crippen molar-refractivity contribution < 1.29 is 9.63 Å². The van der Waals surface area contributed by atoms with Crippen LogP contribution in [0.3, 0.4) is 0 Å². The first kappa shape index (κ1) is 11.4. The van der Waals surface area contributed by atoms with Gasteiger partial charge >= 0.3 is 0 Å². The summed E-state index contributed by atoms with van der Waals surface area (Å²) >= 11 is 0. The van der Waals surface area contributed by atoms with Crippen LogP contribution >= 0.6 is 0 Å². The Morgan fingerprint density at radius 2 is 2.08 bits per heavy atom. The molecule has 0 aliphatic heterocycles. The summed E-state index contributed by atoms with van der Waals surface area (Å²) in [7, 11) is 0. The van der Waals surface area contributed by atoms with Gasteiger partial charge in [0.1, 0.15) is 0 Å². The van der Waals surface area contributed by atoms with E-state index in [0.717, 1.165) is 0 Å². The van der Waals surface area contributed by atoms with E-state index in [0.29, 0.717) is 6.61 Å². The van der Waals surface area contributed by atoms with Crippen LogP contribution < -0.4 is 11.2 Å². The normalized spacial score (nSPS) is 11.8. The lowest BCUT2D eigenvalue weighted by Gasteiger charge is -2.25. The molecule has 4 heteroatoms. The standard InChI is InChI=1S/C8H18N2O2/c1-6(2)7(11)10-8(3,4)5-12-9/h6H,5,9H2,1-4H3,(H,10,11). The summed E-state index contributed by atoms with van der Waals surface area (Å²) in [6.07, 6.45) is 0. The molecule has 12 heavy (non-hydrogen) atoms. The highest BCUT2D eigenvalue weighted by Crippen LogP contribution is 2.03. The Kier molecular flexibility index (Phi) is 4.20. The minimum absolute atomic E-state index is 0.0112. The number of nitrogens with two attached hydrogens (primary N) is 1. The lowest BCUT2D eigenvalue weighted by Crippen LogP contribution is -2.48. The van der Waals surface area contributed by atoms with Gasteiger partial charge in [-0.05, 0) is 13.8 Å². The van der Waals surface area contributed by atoms with Crippen LogP contribution in [0.5, 0.6) is 0 Å². The van der Waals surface area contributed by atoms with Gasteiger partial charge in [0.15, 0.2) is 0 Å². The molecule has 0 radical (unpaired) electrons. The van der Waals surface area contributed by atoms with Gasteiger partial charge in [0, 0.05) is 5.92 Å². The van der Waals surface area contributed by atoms with E-state index in [-0.39, 0.29) is 11.8 Å². The smallest absolute Gasteiger partial charge is 0.223 e. The van der Waals surface area contributed by atoms with Crippen LogP contribution in [0.2, 0.25) is 0 Å². The quantitative estimate of drug-likeness (QED) is 0.607. The molecular weight excluding hydrogens is 156 g/mol. The summed E-state index contributed by atoms with van der Waals surface area (Å²) in [5.74, 6) is 4.91. The van der Waals surface area contributed by atoms with Crippen LogP contribution in [0, 0.1) is 5.92 Å². The van der Waals surface area contributed by atoms with Crippen LogP contribution in [0.25, 0.3) is 0 Å². The molecule has 3 N–H and O–H groups in total. The predicted molar refractivity (Wildman–Crippen MR) is 47.2 cm³/mol. The molecule has 0 aromatic heterocycles. The van der Waals surface area contributed by atoms with Gasteiger partial charge in [0.25, 0.3) is 0 Å². The van der Waals surface area contributed by atoms with E-state index in [1.54, 1.807) is 0 Å². The maximum Gasteiger partial charge on any atom is 0.223 e. The van der Waals surface area contributed by atoms with Crippen molar-refractivity contribution in [3.05, 3.63) is 0 Å². The Bertz CT molecular complexity index is 155. The maximum atomic E-state index is 11.2. The van der Waals surface area contributed by atoms with E-state index >= 15 is 0 Å². The van der Waals surface area contributed by atoms with E-state index < -0.39 is 5.54 Å². The number of carbonyl (C=O) groups excluding carboxylic acids is 1. The van der Waals surface area contributed by atoms with Crippen molar-refractivity contribution >= 4 is 5.91 Å². The average molecular weight is 174 g/mol. The fourth-order valence-electron chi connectivity index (χ4n) is 0.722. The van der Waals surface area contributed by atoms with E-state index in [9.17, 15) is 4.79 Å². The Morgan fingerprint density at radius 1 is 1.58 bits per heavy atom. The van der Waals surface area contributed by atoms with Crippen molar-refractivity contribution in [3.63, 3.8) is 0 Å². The molecule has 0 fully saturated rings. The van der Waals surface area contributed by atoms with Crippen molar-refractivity contribution in [1.82, 2.24) is 5.32 Å². The third-order valence-electron chi connectivity index (χ3n) is 1.43. The molecule has 0 aliphatic carbocycles. The van der Waals surface area contributed by atoms with Gasteiger partial charge in [-0.15, -0.1) is 0 Å². The highest BCUT2D eigenvalue weighted by atomic mass is 16.6. The molecule has 0 rings (SSSR count). The second-order valence-corrected chi connectivity index (χ2v) is 3.84. The third kappa shape index (κ3) is 4.31. The number of rotatable bonds is 4. The van der Waals surface area contributed by atoms with Crippen molar-refractivity contribution in [1.29, 1.82) is 0 Å². The first-order valence-corrected chi connectivity index (χ1v) is 4.03. The molecule has 0 spiro atoms. The molecule has 4 nitrogen and oxygen atoms in total. The molecule has 0 saturated carbocycles. The van der Waals surface area contributed by atoms with Crippen molar-refractivity contribution in [3.8, 4) is 0 Å². The molecule has 72 valence electrons. The van der Waals surface area contributed by atoms with Gasteiger partial charge in [-0.1, -0.05) is 13.8 Å². The fourth-order valence-corrected chi connectivity index (χ4v) is 0.722. The van der Waals surface area contributed by atoms with Gasteiger partial charge in [-0.2, -0.15) is 0 Å². The fraction of sp³-hybridized carbons (Fsp3) is 0.875. The SMILES string of the molecule is CC(C)C(=O)NC(C)(C)CON. The molecule has 0 heterocycles. The second kappa shape index (κ2) is 4.42. The topological polar surface area (TPSA) is 64.3 Å². The van der Waals surface area contributed by atoms with E-state index in [1.807, 2.05) is 27.7 Å². The number of nitrogens with one attached hydrogen (secondary N) is 1. The number of carbonyl (C=O) groups is 1. The van der Waals surface area contributed by atoms with Crippen LogP contribution in [-0.4, -0.2) is 18.1 Å². The molecule has 0 atom stereocenters. The third-order valence-corrected chi connectivity index (χ3v) is 1.43. The molecule has 0 saturated heterocycles. The summed E-state index contributed by atoms with van der Waals surface area (Å²) in [5.41, 5.74) is -0.393. The molecule has 0 bridgehead atoms. The Hall–Kier alpha value is -0.610. The first-order chi connectivity index (χ1) is 5.39. The summed E-state index contributed by atoms with van der Waals surface area (Å²) in [6, 6.07) is 0. The number of amides is 1. The number of hydrogen-bond acceptors (Lipinski definition) is 3. The molecule has 0 aromatic rings. The molecule has 0 unspecified atom stereocenters. The highest BCUT2D eigenvalue weighted by Gasteiger charge is 2.21. The van der Waals surface area contributed by atoms with E-state index in [1.165, 1.54) is 0 Å². The van der Waals surface area contributed by atoms with E-state index in [2.05, 4.69) is 10.2 Å². The second-order valence-electron chi connectivity index (χ2n) is 3.84. The minimum Gasteiger partial charge on any atom is -0.349 e. The van der Waals surface area contributed by atoms with Gasteiger partial charge in [0.2, 0.25) is 5.91 Å². The highest BCUT2D eigenvalue weighted by molar-refractivity contribution is 5.78. The zero-order valence-electron chi connectivity index (χ0n) is 8.18. The van der Waals surface area contributed by atoms with Gasteiger partial charge < -0.3 is 10.2 Å². The first-order valence-electron chi connectivity index (χ1n) is 4.03. The summed E-state index contributed by atoms with van der Waals surface area (Å²) in [5, 5.41) is 2.81. The molecule has 0 aliphatic rings. The lowest BCUT2D eigenvalue weighted by atomic mass is 10.1. The minimum atomic E-state index is -0.393. The zero-order chi connectivity index (χ0) is 9.78. The van der Waals surface area contributed by atoms with Gasteiger partial charge in [-0.3, -0.25) is 4.79 Å². The lowest BCUT2D eigenvalue weighted by molar-refractivity contribution is -0.126. The average Bonchev–Trinajstić information content (AvgIpc) is 1.85. The molecular formula is C8H18N2O2. The van der Waals surface area contributed by atoms with Crippen molar-refractivity contribution in [2.24, 2.45) is 11.8 Å². The van der Waals surface area contributed by atoms with Crippen LogP contribution in [0.15, 0.2) is 0 Å². The summed E-state index contributed by atoms with van der Waals surface area (Å²) in [6.45, 7) is 7.72. The largest absolute Gasteiger partial charge is 0.349 e. The van der Waals surface area contributed by atoms with Gasteiger partial charge in [-0.25, -0.2) is 5.90 Å². The van der Waals surface area contributed by atoms with Crippen molar-refractivity contribution in [2.45, 2.75) is 33.2 Å². The summed E-state index contributed by atoms with van der Waals surface area (Å²) < 4.78 is 0. The maximum absolute atomic E-state index is 11.2. The molecule has 1 amide bonds. The van der Waals surface area contributed by atoms with Gasteiger partial charge in [0.05, 0.1) is 12.1 Å². The Labute approximate surface area is 73.4 Å². The van der Waals surface area contributed by atoms with E-state index in [4.69, 9.17) is 5.90 Å². The zero-order valence-corrected chi connectivity index (χ0v) is 8.18. The van der Waals surface area contributed by atoms with Crippen LogP contribution in [0.4, 0.5) is 0 Å². The molecule has 0 aromatic carbocycles. The Balaban J connectivity index is 3.96. The Morgan fingerprint density at radius 3 is 2.42 bits per heavy atom. The van der Waals surface area contributed by atoms with Crippen LogP contribution in [0.1, 0.15) is 27.7 Å². The summed E-state index contributed by atoms with van der Waals surface area (Å²) in [4.78, 5) is 15.7. The van der Waals surface area contributed by atoms with Crippen molar-refractivity contribution in [2.75, 3.05) is 6.61 Å². The predicted octanol–water partition coefficient (Wildman–Crippen LogP) is 0.427. The number of hydrogen-bond donors (Lipinski definition) is 2. The van der Waals surface area contributed by atoms with Crippen LogP contribution in [-0.2, 0) is 9.63 Å².